The number of ether oxygens (including phenoxy) is 1. The van der Waals surface area contributed by atoms with Crippen molar-refractivity contribution in [3.05, 3.63) is 24.3 Å². The number of hydrogen-bond donors (Lipinski definition) is 2. The summed E-state index contributed by atoms with van der Waals surface area (Å²) in [7, 11) is 0. The maximum absolute atomic E-state index is 12.5. The Balaban J connectivity index is 1.53. The van der Waals surface area contributed by atoms with Crippen LogP contribution in [0.1, 0.15) is 12.8 Å². The summed E-state index contributed by atoms with van der Waals surface area (Å²) in [5.74, 6) is 0.367. The molecule has 0 radical (unpaired) electrons. The van der Waals surface area contributed by atoms with Gasteiger partial charge in [-0.15, -0.1) is 0 Å². The fourth-order valence-corrected chi connectivity index (χ4v) is 3.11. The van der Waals surface area contributed by atoms with Crippen molar-refractivity contribution in [3.8, 4) is 5.75 Å². The molecule has 0 unspecified atom stereocenters. The van der Waals surface area contributed by atoms with Crippen LogP contribution >= 0.6 is 0 Å². The minimum absolute atomic E-state index is 0.0345. The van der Waals surface area contributed by atoms with E-state index in [-0.39, 0.29) is 23.9 Å². The molecule has 1 aromatic rings. The Hall–Kier alpha value is -1.79. The molecule has 2 atom stereocenters. The number of amides is 1. The Bertz CT molecular complexity index is 512. The quantitative estimate of drug-likeness (QED) is 0.852. The average molecular weight is 305 g/mol. The van der Waals surface area contributed by atoms with E-state index in [9.17, 15) is 9.90 Å². The van der Waals surface area contributed by atoms with Crippen molar-refractivity contribution in [2.45, 2.75) is 25.0 Å². The summed E-state index contributed by atoms with van der Waals surface area (Å²) >= 11 is 0. The van der Waals surface area contributed by atoms with E-state index in [1.54, 1.807) is 12.1 Å². The van der Waals surface area contributed by atoms with Gasteiger partial charge >= 0.3 is 0 Å². The molecule has 0 saturated carbocycles. The monoisotopic (exact) mass is 305 g/mol. The Morgan fingerprint density at radius 3 is 2.45 bits per heavy atom. The third-order valence-electron chi connectivity index (χ3n) is 4.45. The maximum atomic E-state index is 12.5. The summed E-state index contributed by atoms with van der Waals surface area (Å²) in [5, 5.41) is 9.34. The van der Waals surface area contributed by atoms with Crippen molar-refractivity contribution < 1.29 is 14.6 Å². The van der Waals surface area contributed by atoms with Crippen molar-refractivity contribution in [2.24, 2.45) is 5.73 Å². The van der Waals surface area contributed by atoms with Gasteiger partial charge in [0.05, 0.1) is 6.10 Å². The van der Waals surface area contributed by atoms with E-state index in [0.717, 1.165) is 31.6 Å². The van der Waals surface area contributed by atoms with Gasteiger partial charge in [0, 0.05) is 38.4 Å². The highest BCUT2D eigenvalue weighted by molar-refractivity contribution is 5.81. The zero-order chi connectivity index (χ0) is 15.5. The predicted molar refractivity (Wildman–Crippen MR) is 83.8 cm³/mol. The number of benzene rings is 1. The Kier molecular flexibility index (Phi) is 4.49. The maximum Gasteiger partial charge on any atom is 0.251 e. The first kappa shape index (κ1) is 15.1. The summed E-state index contributed by atoms with van der Waals surface area (Å²) in [6.45, 7) is 3.48. The number of rotatable bonds is 3. The van der Waals surface area contributed by atoms with Crippen molar-refractivity contribution in [3.63, 3.8) is 0 Å². The van der Waals surface area contributed by atoms with Gasteiger partial charge in [-0.25, -0.2) is 0 Å². The number of phenols is 1. The van der Waals surface area contributed by atoms with E-state index in [1.165, 1.54) is 0 Å². The lowest BCUT2D eigenvalue weighted by Crippen LogP contribution is -2.51. The van der Waals surface area contributed by atoms with E-state index >= 15 is 0 Å². The number of piperazine rings is 1. The normalized spacial score (nSPS) is 25.5. The lowest BCUT2D eigenvalue weighted by Gasteiger charge is -2.37. The van der Waals surface area contributed by atoms with Crippen LogP contribution in [0, 0.1) is 0 Å². The molecule has 22 heavy (non-hydrogen) atoms. The minimum Gasteiger partial charge on any atom is -0.508 e. The second-order valence-corrected chi connectivity index (χ2v) is 5.89. The average Bonchev–Trinajstić information content (AvgIpc) is 3.04. The number of hydrogen-bond acceptors (Lipinski definition) is 5. The van der Waals surface area contributed by atoms with Crippen LogP contribution in [0.2, 0.25) is 0 Å². The molecule has 6 heteroatoms. The number of carbonyl (C=O) groups excluding carboxylic acids is 1. The van der Waals surface area contributed by atoms with Crippen molar-refractivity contribution >= 4 is 11.6 Å². The smallest absolute Gasteiger partial charge is 0.251 e. The molecule has 2 aliphatic rings. The number of phenolic OH excluding ortho intramolecular Hbond substituents is 1. The largest absolute Gasteiger partial charge is 0.508 e. The molecule has 120 valence electrons. The highest BCUT2D eigenvalue weighted by atomic mass is 16.5. The van der Waals surface area contributed by atoms with Gasteiger partial charge in [0.1, 0.15) is 11.9 Å². The first-order valence-electron chi connectivity index (χ1n) is 7.85. The molecule has 3 rings (SSSR count). The number of nitrogens with two attached hydrogens (primary N) is 1. The topological polar surface area (TPSA) is 79.0 Å². The molecular formula is C16H23N3O3. The first-order valence-corrected chi connectivity index (χ1v) is 7.85. The lowest BCUT2D eigenvalue weighted by molar-refractivity contribution is -0.143. The van der Waals surface area contributed by atoms with Gasteiger partial charge in [-0.2, -0.15) is 0 Å². The van der Waals surface area contributed by atoms with Gasteiger partial charge in [0.15, 0.2) is 0 Å². The van der Waals surface area contributed by atoms with Crippen LogP contribution in [0.4, 0.5) is 5.69 Å². The number of anilines is 1. The molecule has 0 bridgehead atoms. The van der Waals surface area contributed by atoms with E-state index in [4.69, 9.17) is 10.5 Å². The van der Waals surface area contributed by atoms with Gasteiger partial charge in [-0.3, -0.25) is 4.79 Å². The molecule has 6 nitrogen and oxygen atoms in total. The van der Waals surface area contributed by atoms with Crippen LogP contribution in [-0.4, -0.2) is 60.8 Å². The molecule has 2 saturated heterocycles. The molecule has 0 aliphatic carbocycles. The van der Waals surface area contributed by atoms with E-state index in [0.29, 0.717) is 19.6 Å². The van der Waals surface area contributed by atoms with Gasteiger partial charge in [-0.1, -0.05) is 0 Å². The van der Waals surface area contributed by atoms with Crippen LogP contribution in [0.3, 0.4) is 0 Å². The number of nitrogens with zero attached hydrogens (tertiary/aromatic N) is 2. The Labute approximate surface area is 130 Å². The summed E-state index contributed by atoms with van der Waals surface area (Å²) < 4.78 is 5.69. The Morgan fingerprint density at radius 2 is 1.86 bits per heavy atom. The molecule has 0 aromatic heterocycles. The fraction of sp³-hybridized carbons (Fsp3) is 0.562. The van der Waals surface area contributed by atoms with Crippen LogP contribution in [0.25, 0.3) is 0 Å². The third kappa shape index (κ3) is 3.18. The number of aromatic hydroxyl groups is 1. The van der Waals surface area contributed by atoms with Crippen molar-refractivity contribution in [2.75, 3.05) is 37.6 Å². The van der Waals surface area contributed by atoms with Crippen LogP contribution < -0.4 is 10.6 Å². The van der Waals surface area contributed by atoms with E-state index < -0.39 is 0 Å². The van der Waals surface area contributed by atoms with Crippen LogP contribution in [-0.2, 0) is 9.53 Å². The van der Waals surface area contributed by atoms with Gasteiger partial charge in [0.25, 0.3) is 5.91 Å². The molecule has 1 amide bonds. The highest BCUT2D eigenvalue weighted by Gasteiger charge is 2.34. The Morgan fingerprint density at radius 1 is 1.18 bits per heavy atom. The molecular weight excluding hydrogens is 282 g/mol. The van der Waals surface area contributed by atoms with Gasteiger partial charge in [0.2, 0.25) is 0 Å². The summed E-state index contributed by atoms with van der Waals surface area (Å²) in [5.41, 5.74) is 6.67. The third-order valence-corrected chi connectivity index (χ3v) is 4.45. The predicted octanol–water partition coefficient (Wildman–Crippen LogP) is 0.547. The zero-order valence-electron chi connectivity index (χ0n) is 12.6. The molecule has 2 fully saturated rings. The van der Waals surface area contributed by atoms with Gasteiger partial charge < -0.3 is 25.4 Å². The molecule has 3 N–H and O–H groups in total. The molecule has 0 spiro atoms. The SMILES string of the molecule is NC[C@H]1CC[C@@H](C(=O)N2CCN(c3ccc(O)cc3)CC2)O1. The summed E-state index contributed by atoms with van der Waals surface area (Å²) in [4.78, 5) is 16.6. The van der Waals surface area contributed by atoms with Crippen molar-refractivity contribution in [1.29, 1.82) is 0 Å². The van der Waals surface area contributed by atoms with E-state index in [1.807, 2.05) is 17.0 Å². The summed E-state index contributed by atoms with van der Waals surface area (Å²) in [6, 6.07) is 7.18. The number of carbonyl (C=O) groups is 1. The fourth-order valence-electron chi connectivity index (χ4n) is 3.11. The molecule has 2 heterocycles. The zero-order valence-corrected chi connectivity index (χ0v) is 12.6. The second-order valence-electron chi connectivity index (χ2n) is 5.89. The first-order chi connectivity index (χ1) is 10.7. The summed E-state index contributed by atoms with van der Waals surface area (Å²) in [6.07, 6.45) is 1.38. The minimum atomic E-state index is -0.311. The van der Waals surface area contributed by atoms with E-state index in [2.05, 4.69) is 4.90 Å². The van der Waals surface area contributed by atoms with Crippen LogP contribution in [0.5, 0.6) is 5.75 Å². The molecule has 2 aliphatic heterocycles. The second kappa shape index (κ2) is 6.54. The lowest BCUT2D eigenvalue weighted by atomic mass is 10.1. The standard InChI is InChI=1S/C16H23N3O3/c17-11-14-5-6-15(22-14)16(21)19-9-7-18(8-10-19)12-1-3-13(20)4-2-12/h1-4,14-15,20H,5-11,17H2/t14-,15+/m1/s1. The molecule has 1 aromatic carbocycles. The van der Waals surface area contributed by atoms with Gasteiger partial charge in [-0.05, 0) is 37.1 Å². The van der Waals surface area contributed by atoms with Crippen molar-refractivity contribution in [1.82, 2.24) is 4.90 Å². The highest BCUT2D eigenvalue weighted by Crippen LogP contribution is 2.23. The van der Waals surface area contributed by atoms with Crippen LogP contribution in [0.15, 0.2) is 24.3 Å².